The van der Waals surface area contributed by atoms with Gasteiger partial charge in [0.25, 0.3) is 11.5 Å². The summed E-state index contributed by atoms with van der Waals surface area (Å²) in [4.78, 5) is 37.9. The number of aryl methyl sites for hydroxylation is 2. The van der Waals surface area contributed by atoms with Gasteiger partial charge in [0.2, 0.25) is 0 Å². The van der Waals surface area contributed by atoms with Crippen molar-refractivity contribution in [3.63, 3.8) is 0 Å². The smallest absolute Gasteiger partial charge is 0.296 e. The van der Waals surface area contributed by atoms with Gasteiger partial charge < -0.3 is 10.1 Å². The van der Waals surface area contributed by atoms with Crippen LogP contribution in [0.3, 0.4) is 0 Å². The number of amides is 1. The molecule has 3 aromatic rings. The zero-order valence-electron chi connectivity index (χ0n) is 17.3. The van der Waals surface area contributed by atoms with E-state index in [4.69, 9.17) is 10.3 Å². The standard InChI is InChI=1S/C20H19N7O3S2/c1-12-5-6-22-15(11-12)27-19(29)17-14(13(2)32-18(17)25-20(27)31)3-4-16(28)23-7-9-30-10-8-24-26-21/h5-6,11H,7-10H2,1-2H3,(H,23,28)(H,25,31). The number of hydrogen-bond donors (Lipinski definition) is 2. The molecule has 32 heavy (non-hydrogen) atoms. The lowest BCUT2D eigenvalue weighted by atomic mass is 10.2. The number of rotatable bonds is 7. The second-order valence-corrected chi connectivity index (χ2v) is 8.13. The van der Waals surface area contributed by atoms with Crippen molar-refractivity contribution in [2.45, 2.75) is 19.0 Å². The molecule has 10 nitrogen and oxygen atoms in total. The molecule has 0 bridgehead atoms. The molecule has 164 valence electrons. The fraction of sp³-hybridized carbons (Fsp3) is 0.300. The summed E-state index contributed by atoms with van der Waals surface area (Å²) in [5.41, 5.74) is 9.23. The summed E-state index contributed by atoms with van der Waals surface area (Å²) < 4.78 is 6.54. The first-order valence-electron chi connectivity index (χ1n) is 9.49. The maximum Gasteiger partial charge on any atom is 0.296 e. The number of carbonyl (C=O) groups excluding carboxylic acids is 1. The Kier molecular flexibility index (Phi) is 7.86. The molecule has 12 heteroatoms. The highest BCUT2D eigenvalue weighted by Crippen LogP contribution is 2.27. The molecule has 1 N–H and O–H groups in total. The third-order valence-corrected chi connectivity index (χ3v) is 5.55. The second kappa shape index (κ2) is 10.8. The van der Waals surface area contributed by atoms with Crippen molar-refractivity contribution >= 4 is 40.1 Å². The van der Waals surface area contributed by atoms with Crippen molar-refractivity contribution in [3.05, 3.63) is 55.1 Å². The van der Waals surface area contributed by atoms with Crippen molar-refractivity contribution in [2.24, 2.45) is 5.11 Å². The topological polar surface area (TPSA) is 135 Å². The van der Waals surface area contributed by atoms with Crippen LogP contribution in [0.1, 0.15) is 16.0 Å². The number of hydrogen-bond acceptors (Lipinski definition) is 8. The van der Waals surface area contributed by atoms with Crippen LogP contribution in [-0.2, 0) is 9.53 Å². The molecule has 3 rings (SSSR count). The van der Waals surface area contributed by atoms with E-state index < -0.39 is 5.91 Å². The molecule has 0 atom stereocenters. The number of pyridine rings is 1. The maximum absolute atomic E-state index is 13.3. The largest absolute Gasteiger partial charge is 0.379 e. The molecule has 1 amide bonds. The Balaban J connectivity index is 1.83. The Hall–Kier alpha value is -3.36. The summed E-state index contributed by atoms with van der Waals surface area (Å²) in [6.07, 6.45) is 1.61. The molecule has 3 heterocycles. The van der Waals surface area contributed by atoms with E-state index in [0.29, 0.717) is 21.6 Å². The Bertz CT molecular complexity index is 1330. The van der Waals surface area contributed by atoms with Gasteiger partial charge in [-0.25, -0.2) is 14.5 Å². The first kappa shape index (κ1) is 23.3. The fourth-order valence-electron chi connectivity index (χ4n) is 2.80. The van der Waals surface area contributed by atoms with E-state index in [1.807, 2.05) is 19.9 Å². The normalized spacial score (nSPS) is 10.3. The van der Waals surface area contributed by atoms with Crippen molar-refractivity contribution in [2.75, 3.05) is 26.3 Å². The summed E-state index contributed by atoms with van der Waals surface area (Å²) in [7, 11) is 0. The number of thiophene rings is 1. The van der Waals surface area contributed by atoms with Gasteiger partial charge in [-0.05, 0) is 37.1 Å². The molecule has 0 spiro atoms. The van der Waals surface area contributed by atoms with E-state index in [0.717, 1.165) is 10.4 Å². The summed E-state index contributed by atoms with van der Waals surface area (Å²) >= 11 is 5.69. The van der Waals surface area contributed by atoms with Crippen molar-refractivity contribution in [1.82, 2.24) is 19.9 Å². The van der Waals surface area contributed by atoms with Gasteiger partial charge in [0.1, 0.15) is 10.6 Å². The lowest BCUT2D eigenvalue weighted by Gasteiger charge is -2.08. The third kappa shape index (κ3) is 5.46. The number of carbonyl (C=O) groups is 1. The highest BCUT2D eigenvalue weighted by Gasteiger charge is 2.18. The summed E-state index contributed by atoms with van der Waals surface area (Å²) in [5, 5.41) is 6.51. The number of ether oxygens (including phenoxy) is 1. The van der Waals surface area contributed by atoms with Crippen LogP contribution in [0, 0.1) is 25.7 Å². The van der Waals surface area contributed by atoms with Gasteiger partial charge in [-0.3, -0.25) is 9.59 Å². The van der Waals surface area contributed by atoms with E-state index in [-0.39, 0.29) is 37.0 Å². The number of thiol groups is 1. The SMILES string of the molecule is Cc1ccnc(-n2c(S)nc3sc(C)c(C#CC(=O)NCCOCCN=[N+]=[N-])c3c2=O)c1. The summed E-state index contributed by atoms with van der Waals surface area (Å²) in [6, 6.07) is 3.59. The van der Waals surface area contributed by atoms with Crippen LogP contribution >= 0.6 is 24.0 Å². The minimum absolute atomic E-state index is 0.222. The number of nitrogens with zero attached hydrogens (tertiary/aromatic N) is 6. The lowest BCUT2D eigenvalue weighted by molar-refractivity contribution is -0.115. The Morgan fingerprint density at radius 2 is 2.25 bits per heavy atom. The highest BCUT2D eigenvalue weighted by atomic mass is 32.1. The van der Waals surface area contributed by atoms with Gasteiger partial charge in [-0.2, -0.15) is 0 Å². The van der Waals surface area contributed by atoms with Crippen molar-refractivity contribution in [1.29, 1.82) is 0 Å². The van der Waals surface area contributed by atoms with Crippen LogP contribution in [-0.4, -0.2) is 46.7 Å². The van der Waals surface area contributed by atoms with E-state index in [1.54, 1.807) is 12.3 Å². The van der Waals surface area contributed by atoms with Gasteiger partial charge in [0.15, 0.2) is 5.16 Å². The average Bonchev–Trinajstić information content (AvgIpc) is 3.06. The Morgan fingerprint density at radius 1 is 1.44 bits per heavy atom. The molecular formula is C20H19N7O3S2. The first-order valence-corrected chi connectivity index (χ1v) is 10.8. The summed E-state index contributed by atoms with van der Waals surface area (Å²) in [6.45, 7) is 4.73. The van der Waals surface area contributed by atoms with E-state index in [2.05, 4.69) is 49.8 Å². The molecule has 3 aromatic heterocycles. The highest BCUT2D eigenvalue weighted by molar-refractivity contribution is 7.80. The number of fused-ring (bicyclic) bond motifs is 1. The van der Waals surface area contributed by atoms with E-state index in [1.165, 1.54) is 15.9 Å². The molecule has 0 fully saturated rings. The van der Waals surface area contributed by atoms with Crippen LogP contribution in [0.25, 0.3) is 26.5 Å². The predicted octanol–water partition coefficient (Wildman–Crippen LogP) is 2.54. The quantitative estimate of drug-likeness (QED) is 0.104. The Morgan fingerprint density at radius 3 is 3.00 bits per heavy atom. The van der Waals surface area contributed by atoms with Crippen molar-refractivity contribution in [3.8, 4) is 17.7 Å². The molecule has 0 unspecified atom stereocenters. The van der Waals surface area contributed by atoms with Gasteiger partial charge in [0, 0.05) is 35.0 Å². The second-order valence-electron chi connectivity index (χ2n) is 6.53. The molecule has 0 saturated carbocycles. The molecule has 0 aliphatic carbocycles. The Labute approximate surface area is 192 Å². The van der Waals surface area contributed by atoms with Crippen LogP contribution in [0.4, 0.5) is 0 Å². The zero-order valence-corrected chi connectivity index (χ0v) is 19.0. The fourth-order valence-corrected chi connectivity index (χ4v) is 4.13. The molecule has 0 aliphatic rings. The molecular weight excluding hydrogens is 450 g/mol. The minimum atomic E-state index is -0.498. The number of aromatic nitrogens is 3. The molecule has 0 aromatic carbocycles. The van der Waals surface area contributed by atoms with Crippen LogP contribution in [0.5, 0.6) is 0 Å². The predicted molar refractivity (Wildman–Crippen MR) is 124 cm³/mol. The van der Waals surface area contributed by atoms with Gasteiger partial charge >= 0.3 is 0 Å². The van der Waals surface area contributed by atoms with Gasteiger partial charge in [-0.15, -0.1) is 24.0 Å². The first-order chi connectivity index (χ1) is 15.4. The zero-order chi connectivity index (χ0) is 23.1. The monoisotopic (exact) mass is 469 g/mol. The number of nitrogens with one attached hydrogen (secondary N) is 1. The molecule has 0 aliphatic heterocycles. The van der Waals surface area contributed by atoms with E-state index in [9.17, 15) is 9.59 Å². The van der Waals surface area contributed by atoms with Crippen LogP contribution in [0.15, 0.2) is 33.4 Å². The van der Waals surface area contributed by atoms with Crippen LogP contribution < -0.4 is 10.9 Å². The van der Waals surface area contributed by atoms with Crippen LogP contribution in [0.2, 0.25) is 0 Å². The minimum Gasteiger partial charge on any atom is -0.379 e. The summed E-state index contributed by atoms with van der Waals surface area (Å²) in [5.74, 6) is 5.24. The maximum atomic E-state index is 13.3. The molecule has 0 radical (unpaired) electrons. The van der Waals surface area contributed by atoms with Crippen molar-refractivity contribution < 1.29 is 9.53 Å². The average molecular weight is 470 g/mol. The number of azide groups is 1. The lowest BCUT2D eigenvalue weighted by Crippen LogP contribution is -2.26. The molecule has 0 saturated heterocycles. The van der Waals surface area contributed by atoms with Gasteiger partial charge in [-0.1, -0.05) is 11.0 Å². The van der Waals surface area contributed by atoms with Gasteiger partial charge in [0.05, 0.1) is 24.2 Å². The van der Waals surface area contributed by atoms with E-state index >= 15 is 0 Å². The third-order valence-electron chi connectivity index (χ3n) is 4.25.